The molecule has 5 nitrogen and oxygen atoms in total. The first-order valence-corrected chi connectivity index (χ1v) is 6.43. The Morgan fingerprint density at radius 2 is 1.78 bits per heavy atom. The zero-order valence-corrected chi connectivity index (χ0v) is 11.5. The molecule has 18 heavy (non-hydrogen) atoms. The highest BCUT2D eigenvalue weighted by Crippen LogP contribution is 2.27. The number of hydrogen-bond donors (Lipinski definition) is 1. The second-order valence-corrected chi connectivity index (χ2v) is 5.30. The van der Waals surface area contributed by atoms with Gasteiger partial charge in [0, 0.05) is 19.5 Å². The Morgan fingerprint density at radius 3 is 2.22 bits per heavy atom. The van der Waals surface area contributed by atoms with Crippen LogP contribution in [0.3, 0.4) is 0 Å². The molecule has 5 heteroatoms. The molecule has 0 heterocycles. The fraction of sp³-hybridized carbons (Fsp3) is 0.769. The maximum Gasteiger partial charge on any atom is 0.289 e. The van der Waals surface area contributed by atoms with E-state index < -0.39 is 17.7 Å². The quantitative estimate of drug-likeness (QED) is 0.705. The molecule has 0 aromatic heterocycles. The number of ketones is 1. The van der Waals surface area contributed by atoms with Crippen LogP contribution < -0.4 is 5.32 Å². The van der Waals surface area contributed by atoms with Gasteiger partial charge in [-0.3, -0.25) is 14.4 Å². The van der Waals surface area contributed by atoms with Crippen molar-refractivity contribution < 1.29 is 14.4 Å². The third kappa shape index (κ3) is 3.82. The smallest absolute Gasteiger partial charge is 0.289 e. The average molecular weight is 254 g/mol. The number of amides is 2. The maximum atomic E-state index is 11.8. The minimum absolute atomic E-state index is 0.133. The van der Waals surface area contributed by atoms with Crippen LogP contribution in [-0.2, 0) is 14.4 Å². The van der Waals surface area contributed by atoms with E-state index in [0.29, 0.717) is 12.5 Å². The van der Waals surface area contributed by atoms with Gasteiger partial charge in [0.05, 0.1) is 6.04 Å². The normalized spacial score (nSPS) is 16.3. The SMILES string of the molecule is CC(C)C(=O)N(C)C(C)C(=O)C(=O)NCC1CC1. The largest absolute Gasteiger partial charge is 0.349 e. The van der Waals surface area contributed by atoms with E-state index in [-0.39, 0.29) is 11.8 Å². The highest BCUT2D eigenvalue weighted by molar-refractivity contribution is 6.38. The molecule has 1 saturated carbocycles. The predicted molar refractivity (Wildman–Crippen MR) is 67.8 cm³/mol. The van der Waals surface area contributed by atoms with Crippen molar-refractivity contribution in [2.45, 2.75) is 39.7 Å². The van der Waals surface area contributed by atoms with Crippen molar-refractivity contribution in [1.82, 2.24) is 10.2 Å². The lowest BCUT2D eigenvalue weighted by molar-refractivity contribution is -0.145. The van der Waals surface area contributed by atoms with Gasteiger partial charge in [-0.25, -0.2) is 0 Å². The van der Waals surface area contributed by atoms with Crippen molar-refractivity contribution in [2.24, 2.45) is 11.8 Å². The summed E-state index contributed by atoms with van der Waals surface area (Å²) in [6.45, 7) is 5.69. The Bertz CT molecular complexity index is 348. The molecule has 0 saturated heterocycles. The zero-order valence-electron chi connectivity index (χ0n) is 11.5. The second-order valence-electron chi connectivity index (χ2n) is 5.30. The van der Waals surface area contributed by atoms with E-state index >= 15 is 0 Å². The number of rotatable bonds is 6. The number of carbonyl (C=O) groups excluding carboxylic acids is 3. The standard InChI is InChI=1S/C13H22N2O3/c1-8(2)13(18)15(4)9(3)11(16)12(17)14-7-10-5-6-10/h8-10H,5-7H2,1-4H3,(H,14,17). The predicted octanol–water partition coefficient (Wildman–Crippen LogP) is 0.585. The third-order valence-corrected chi connectivity index (χ3v) is 3.27. The zero-order chi connectivity index (χ0) is 13.9. The van der Waals surface area contributed by atoms with Crippen molar-refractivity contribution in [2.75, 3.05) is 13.6 Å². The summed E-state index contributed by atoms with van der Waals surface area (Å²) in [4.78, 5) is 36.5. The highest BCUT2D eigenvalue weighted by Gasteiger charge is 2.29. The van der Waals surface area contributed by atoms with Crippen LogP contribution in [0.4, 0.5) is 0 Å². The molecule has 0 aromatic carbocycles. The lowest BCUT2D eigenvalue weighted by Crippen LogP contribution is -2.48. The van der Waals surface area contributed by atoms with Crippen LogP contribution in [0.5, 0.6) is 0 Å². The highest BCUT2D eigenvalue weighted by atomic mass is 16.2. The van der Waals surface area contributed by atoms with Crippen molar-refractivity contribution in [3.05, 3.63) is 0 Å². The summed E-state index contributed by atoms with van der Waals surface area (Å²) >= 11 is 0. The molecule has 1 rings (SSSR count). The molecular weight excluding hydrogens is 232 g/mol. The summed E-state index contributed by atoms with van der Waals surface area (Å²) in [5, 5.41) is 2.62. The van der Waals surface area contributed by atoms with Gasteiger partial charge in [-0.05, 0) is 25.7 Å². The van der Waals surface area contributed by atoms with Gasteiger partial charge in [0.25, 0.3) is 5.91 Å². The number of Topliss-reactive ketones (excluding diaryl/α,β-unsaturated/α-hetero) is 1. The lowest BCUT2D eigenvalue weighted by atomic mass is 10.1. The van der Waals surface area contributed by atoms with Crippen LogP contribution in [0.25, 0.3) is 0 Å². The van der Waals surface area contributed by atoms with Crippen molar-refractivity contribution >= 4 is 17.6 Å². The molecule has 1 atom stereocenters. The first-order valence-electron chi connectivity index (χ1n) is 6.43. The molecule has 0 aromatic rings. The Balaban J connectivity index is 2.47. The van der Waals surface area contributed by atoms with E-state index in [4.69, 9.17) is 0 Å². The van der Waals surface area contributed by atoms with Gasteiger partial charge in [0.15, 0.2) is 0 Å². The number of likely N-dealkylation sites (N-methyl/N-ethyl adjacent to an activating group) is 1. The molecular formula is C13H22N2O3. The summed E-state index contributed by atoms with van der Waals surface area (Å²) in [5.41, 5.74) is 0. The Morgan fingerprint density at radius 1 is 1.22 bits per heavy atom. The first-order chi connectivity index (χ1) is 8.34. The van der Waals surface area contributed by atoms with Gasteiger partial charge in [-0.15, -0.1) is 0 Å². The van der Waals surface area contributed by atoms with E-state index in [9.17, 15) is 14.4 Å². The average Bonchev–Trinajstić information content (AvgIpc) is 3.15. The summed E-state index contributed by atoms with van der Waals surface area (Å²) in [5.74, 6) is -0.914. The van der Waals surface area contributed by atoms with Crippen molar-refractivity contribution in [1.29, 1.82) is 0 Å². The molecule has 0 bridgehead atoms. The van der Waals surface area contributed by atoms with Gasteiger partial charge < -0.3 is 10.2 Å². The first kappa shape index (κ1) is 14.7. The second kappa shape index (κ2) is 5.98. The number of carbonyl (C=O) groups is 3. The van der Waals surface area contributed by atoms with E-state index in [1.807, 2.05) is 0 Å². The van der Waals surface area contributed by atoms with Crippen LogP contribution >= 0.6 is 0 Å². The van der Waals surface area contributed by atoms with Gasteiger partial charge in [0.1, 0.15) is 0 Å². The Kier molecular flexibility index (Phi) is 4.87. The minimum Gasteiger partial charge on any atom is -0.349 e. The molecule has 1 aliphatic carbocycles. The summed E-state index contributed by atoms with van der Waals surface area (Å²) < 4.78 is 0. The molecule has 1 N–H and O–H groups in total. The van der Waals surface area contributed by atoms with Gasteiger partial charge in [-0.2, -0.15) is 0 Å². The van der Waals surface area contributed by atoms with E-state index in [2.05, 4.69) is 5.32 Å². The van der Waals surface area contributed by atoms with Crippen molar-refractivity contribution in [3.8, 4) is 0 Å². The monoisotopic (exact) mass is 254 g/mol. The fourth-order valence-electron chi connectivity index (χ4n) is 1.61. The summed E-state index contributed by atoms with van der Waals surface area (Å²) in [6, 6.07) is -0.709. The fourth-order valence-corrected chi connectivity index (χ4v) is 1.61. The molecule has 1 aliphatic rings. The maximum absolute atomic E-state index is 11.8. The number of nitrogens with zero attached hydrogens (tertiary/aromatic N) is 1. The molecule has 102 valence electrons. The number of nitrogens with one attached hydrogen (secondary N) is 1. The van der Waals surface area contributed by atoms with Crippen LogP contribution in [0.15, 0.2) is 0 Å². The molecule has 0 aliphatic heterocycles. The van der Waals surface area contributed by atoms with Crippen LogP contribution in [0.2, 0.25) is 0 Å². The van der Waals surface area contributed by atoms with Gasteiger partial charge in [0.2, 0.25) is 11.7 Å². The van der Waals surface area contributed by atoms with Gasteiger partial charge in [-0.1, -0.05) is 13.8 Å². The van der Waals surface area contributed by atoms with Crippen LogP contribution in [0.1, 0.15) is 33.6 Å². The van der Waals surface area contributed by atoms with Crippen molar-refractivity contribution in [3.63, 3.8) is 0 Å². The van der Waals surface area contributed by atoms with E-state index in [1.54, 1.807) is 27.8 Å². The molecule has 0 radical (unpaired) electrons. The topological polar surface area (TPSA) is 66.5 Å². The number of hydrogen-bond acceptors (Lipinski definition) is 3. The van der Waals surface area contributed by atoms with E-state index in [1.165, 1.54) is 4.90 Å². The Labute approximate surface area is 108 Å². The third-order valence-electron chi connectivity index (χ3n) is 3.27. The molecule has 2 amide bonds. The Hall–Kier alpha value is -1.39. The lowest BCUT2D eigenvalue weighted by Gasteiger charge is -2.25. The van der Waals surface area contributed by atoms with Crippen LogP contribution in [-0.4, -0.2) is 42.1 Å². The minimum atomic E-state index is -0.709. The summed E-state index contributed by atoms with van der Waals surface area (Å²) in [7, 11) is 1.55. The van der Waals surface area contributed by atoms with Gasteiger partial charge >= 0.3 is 0 Å². The molecule has 1 fully saturated rings. The van der Waals surface area contributed by atoms with Crippen LogP contribution in [0, 0.1) is 11.8 Å². The summed E-state index contributed by atoms with van der Waals surface area (Å²) in [6.07, 6.45) is 2.24. The molecule has 1 unspecified atom stereocenters. The molecule has 0 spiro atoms. The van der Waals surface area contributed by atoms with E-state index in [0.717, 1.165) is 12.8 Å².